The minimum atomic E-state index is -2.08. The summed E-state index contributed by atoms with van der Waals surface area (Å²) in [6.45, 7) is 6.92. The quantitative estimate of drug-likeness (QED) is 0.264. The summed E-state index contributed by atoms with van der Waals surface area (Å²) in [6, 6.07) is 27.5. The van der Waals surface area contributed by atoms with E-state index in [0.717, 1.165) is 0 Å². The highest BCUT2D eigenvalue weighted by molar-refractivity contribution is 7.97. The maximum absolute atomic E-state index is 8.44. The second kappa shape index (κ2) is 16.0. The van der Waals surface area contributed by atoms with Crippen LogP contribution in [0.5, 0.6) is 0 Å². The van der Waals surface area contributed by atoms with Crippen LogP contribution in [0.3, 0.4) is 0 Å². The third-order valence-corrected chi connectivity index (χ3v) is 8.30. The second-order valence-electron chi connectivity index (χ2n) is 8.75. The van der Waals surface area contributed by atoms with Crippen molar-refractivity contribution < 1.29 is 15.0 Å². The first-order chi connectivity index (χ1) is 17.0. The van der Waals surface area contributed by atoms with Gasteiger partial charge >= 0.3 is 0 Å². The van der Waals surface area contributed by atoms with Crippen molar-refractivity contribution in [2.24, 2.45) is 0 Å². The molecule has 1 N–H and O–H groups in total. The van der Waals surface area contributed by atoms with E-state index >= 15 is 0 Å². The van der Waals surface area contributed by atoms with E-state index in [1.54, 1.807) is 21.6 Å². The number of hydrogen-bond acceptors (Lipinski definition) is 2. The van der Waals surface area contributed by atoms with E-state index < -0.39 is 6.16 Å². The summed E-state index contributed by atoms with van der Waals surface area (Å²) >= 11 is 0. The van der Waals surface area contributed by atoms with Gasteiger partial charge in [0.15, 0.2) is 14.7 Å². The van der Waals surface area contributed by atoms with Gasteiger partial charge in [-0.15, -0.1) is 0 Å². The predicted molar refractivity (Wildman–Crippen MR) is 145 cm³/mol. The Kier molecular flexibility index (Phi) is 13.1. The van der Waals surface area contributed by atoms with Crippen LogP contribution in [-0.4, -0.2) is 11.3 Å². The smallest absolute Gasteiger partial charge is 0.249 e. The molecule has 0 bridgehead atoms. The summed E-state index contributed by atoms with van der Waals surface area (Å²) in [5, 5.41) is 15.3. The van der Waals surface area contributed by atoms with Crippen LogP contribution < -0.4 is 5.11 Å². The first-order valence-corrected chi connectivity index (χ1v) is 14.1. The van der Waals surface area contributed by atoms with Crippen molar-refractivity contribution in [3.8, 4) is 0 Å². The number of unbranched alkanes of at least 4 members (excludes halogenated alkanes) is 3. The molecule has 4 heteroatoms. The van der Waals surface area contributed by atoms with Gasteiger partial charge in [-0.05, 0) is 68.4 Å². The monoisotopic (exact) mass is 492 g/mol. The molecule has 0 fully saturated rings. The third-order valence-electron chi connectivity index (χ3n) is 5.88. The van der Waals surface area contributed by atoms with E-state index in [9.17, 15) is 0 Å². The fourth-order valence-corrected chi connectivity index (χ4v) is 6.65. The highest BCUT2D eigenvalue weighted by atomic mass is 32.2. The van der Waals surface area contributed by atoms with Crippen molar-refractivity contribution in [2.75, 3.05) is 0 Å². The summed E-state index contributed by atoms with van der Waals surface area (Å²) in [5.41, 5.74) is 4.74. The fourth-order valence-electron chi connectivity index (χ4n) is 4.20. The molecular formula is C31H40O3S. The average Bonchev–Trinajstić information content (AvgIpc) is 2.87. The fraction of sp³-hybridized carbons (Fsp3) is 0.387. The minimum Gasteiger partial charge on any atom is -0.565 e. The molecule has 188 valence electrons. The second-order valence-corrected chi connectivity index (χ2v) is 10.7. The molecule has 0 aliphatic heterocycles. The van der Waals surface area contributed by atoms with E-state index in [1.165, 1.54) is 67.6 Å². The lowest BCUT2D eigenvalue weighted by Crippen LogP contribution is -2.17. The molecule has 0 radical (unpaired) electrons. The molecule has 0 saturated heterocycles. The maximum atomic E-state index is 8.44. The zero-order chi connectivity index (χ0) is 25.5. The van der Waals surface area contributed by atoms with Crippen molar-refractivity contribution in [1.82, 2.24) is 0 Å². The Bertz CT molecular complexity index is 930. The molecule has 0 amide bonds. The Morgan fingerprint density at radius 1 is 0.714 bits per heavy atom. The SMILES string of the molecule is CCCCc1cc(CCCC)c([S+](c2ccccc2)c2ccccc2)c(CCCC)c1.O=C([O-])O. The first-order valence-electron chi connectivity index (χ1n) is 12.9. The Labute approximate surface area is 214 Å². The Morgan fingerprint density at radius 3 is 1.46 bits per heavy atom. The molecule has 0 heterocycles. The molecule has 3 aromatic carbocycles. The summed E-state index contributed by atoms with van der Waals surface area (Å²) in [5.74, 6) is 0. The topological polar surface area (TPSA) is 60.4 Å². The van der Waals surface area contributed by atoms with E-state index in [0.29, 0.717) is 0 Å². The molecule has 0 aliphatic carbocycles. The van der Waals surface area contributed by atoms with Crippen molar-refractivity contribution in [2.45, 2.75) is 93.2 Å². The zero-order valence-electron chi connectivity index (χ0n) is 21.5. The molecule has 3 aromatic rings. The molecular weight excluding hydrogens is 452 g/mol. The number of hydrogen-bond donors (Lipinski definition) is 1. The zero-order valence-corrected chi connectivity index (χ0v) is 22.3. The lowest BCUT2D eigenvalue weighted by molar-refractivity contribution is -0.275. The molecule has 3 rings (SSSR count). The van der Waals surface area contributed by atoms with Crippen molar-refractivity contribution in [1.29, 1.82) is 0 Å². The van der Waals surface area contributed by atoms with Gasteiger partial charge in [-0.1, -0.05) is 88.6 Å². The molecule has 0 saturated carbocycles. The van der Waals surface area contributed by atoms with E-state index in [-0.39, 0.29) is 10.9 Å². The Balaban J connectivity index is 0.00000100. The van der Waals surface area contributed by atoms with Crippen molar-refractivity contribution in [3.63, 3.8) is 0 Å². The van der Waals surface area contributed by atoms with Gasteiger partial charge in [0.2, 0.25) is 6.16 Å². The molecule has 0 spiro atoms. The highest BCUT2D eigenvalue weighted by Gasteiger charge is 2.33. The number of benzene rings is 3. The first kappa shape index (κ1) is 28.5. The number of aryl methyl sites for hydroxylation is 3. The van der Waals surface area contributed by atoms with Crippen LogP contribution in [0.2, 0.25) is 0 Å². The molecule has 0 unspecified atom stereocenters. The van der Waals surface area contributed by atoms with Crippen LogP contribution in [0.25, 0.3) is 0 Å². The molecule has 0 atom stereocenters. The summed E-state index contributed by atoms with van der Waals surface area (Å²) < 4.78 is 0. The third kappa shape index (κ3) is 9.45. The maximum Gasteiger partial charge on any atom is 0.249 e. The van der Waals surface area contributed by atoms with Crippen molar-refractivity contribution >= 4 is 17.1 Å². The average molecular weight is 493 g/mol. The van der Waals surface area contributed by atoms with Crippen LogP contribution in [0.15, 0.2) is 87.5 Å². The van der Waals surface area contributed by atoms with Crippen LogP contribution in [-0.2, 0) is 30.2 Å². The van der Waals surface area contributed by atoms with E-state index in [1.807, 2.05) is 0 Å². The number of rotatable bonds is 12. The molecule has 0 aliphatic rings. The highest BCUT2D eigenvalue weighted by Crippen LogP contribution is 2.37. The molecule has 35 heavy (non-hydrogen) atoms. The van der Waals surface area contributed by atoms with E-state index in [2.05, 4.69) is 93.6 Å². The van der Waals surface area contributed by atoms with Crippen LogP contribution in [0.1, 0.15) is 76.0 Å². The lowest BCUT2D eigenvalue weighted by atomic mass is 9.96. The van der Waals surface area contributed by atoms with Gasteiger partial charge in [0, 0.05) is 11.1 Å². The summed E-state index contributed by atoms with van der Waals surface area (Å²) in [7, 11) is -0.0587. The normalized spacial score (nSPS) is 10.6. The van der Waals surface area contributed by atoms with Gasteiger partial charge < -0.3 is 15.0 Å². The van der Waals surface area contributed by atoms with Gasteiger partial charge in [-0.2, -0.15) is 0 Å². The molecule has 3 nitrogen and oxygen atoms in total. The largest absolute Gasteiger partial charge is 0.565 e. The molecule has 0 aromatic heterocycles. The standard InChI is InChI=1S/C30H39S.CH2O3/c1-4-7-16-25-23-26(17-8-5-2)30(27(24-25)18-9-6-3)31(28-19-12-10-13-20-28)29-21-14-11-15-22-29;2-1(3)4/h10-15,19-24H,4-9,16-18H2,1-3H3;(H2,2,3,4)/q+1;/p-1. The van der Waals surface area contributed by atoms with Gasteiger partial charge in [0.1, 0.15) is 0 Å². The van der Waals surface area contributed by atoms with Crippen LogP contribution in [0.4, 0.5) is 4.79 Å². The van der Waals surface area contributed by atoms with Crippen LogP contribution >= 0.6 is 0 Å². The van der Waals surface area contributed by atoms with Gasteiger partial charge in [0.05, 0.1) is 10.9 Å². The number of carboxylic acid groups (broad SMARTS) is 2. The van der Waals surface area contributed by atoms with Gasteiger partial charge in [-0.25, -0.2) is 0 Å². The Morgan fingerprint density at radius 2 is 1.09 bits per heavy atom. The summed E-state index contributed by atoms with van der Waals surface area (Å²) in [4.78, 5) is 12.9. The van der Waals surface area contributed by atoms with Crippen LogP contribution in [0, 0.1) is 0 Å². The van der Waals surface area contributed by atoms with Gasteiger partial charge in [0.25, 0.3) is 0 Å². The lowest BCUT2D eigenvalue weighted by Gasteiger charge is -2.18. The number of carbonyl (C=O) groups is 1. The van der Waals surface area contributed by atoms with E-state index in [4.69, 9.17) is 15.0 Å². The predicted octanol–water partition coefficient (Wildman–Crippen LogP) is 7.70. The van der Waals surface area contributed by atoms with Gasteiger partial charge in [-0.3, -0.25) is 0 Å². The minimum absolute atomic E-state index is 0.0587. The van der Waals surface area contributed by atoms with Crippen molar-refractivity contribution in [3.05, 3.63) is 89.5 Å². The summed E-state index contributed by atoms with van der Waals surface area (Å²) in [6.07, 6.45) is 9.05. The Hall–Kier alpha value is -2.72.